The lowest BCUT2D eigenvalue weighted by Crippen LogP contribution is -2.23. The summed E-state index contributed by atoms with van der Waals surface area (Å²) < 4.78 is 1.92. The Balaban J connectivity index is 2.10. The summed E-state index contributed by atoms with van der Waals surface area (Å²) in [6.07, 6.45) is 0. The third-order valence-electron chi connectivity index (χ3n) is 2.88. The minimum Gasteiger partial charge on any atom is -0.362 e. The Kier molecular flexibility index (Phi) is 3.23. The number of aryl methyl sites for hydroxylation is 2. The quantitative estimate of drug-likeness (QED) is 0.851. The number of thioether (sulfide) groups is 1. The molecule has 1 saturated heterocycles. The Labute approximate surface area is 101 Å². The van der Waals surface area contributed by atoms with E-state index in [1.807, 2.05) is 18.7 Å². The summed E-state index contributed by atoms with van der Waals surface area (Å²) in [5.74, 6) is 1.11. The van der Waals surface area contributed by atoms with Crippen molar-refractivity contribution in [1.29, 1.82) is 0 Å². The van der Waals surface area contributed by atoms with Crippen LogP contribution in [0.2, 0.25) is 0 Å². The maximum Gasteiger partial charge on any atom is 0.157 e. The van der Waals surface area contributed by atoms with Crippen molar-refractivity contribution in [2.24, 2.45) is 12.0 Å². The van der Waals surface area contributed by atoms with Crippen molar-refractivity contribution < 1.29 is 0 Å². The predicted molar refractivity (Wildman–Crippen MR) is 68.9 cm³/mol. The van der Waals surface area contributed by atoms with E-state index in [0.717, 1.165) is 23.2 Å². The van der Waals surface area contributed by atoms with Gasteiger partial charge in [0.25, 0.3) is 0 Å². The molecule has 1 aromatic heterocycles. The van der Waals surface area contributed by atoms with Gasteiger partial charge >= 0.3 is 0 Å². The number of aromatic nitrogens is 2. The smallest absolute Gasteiger partial charge is 0.157 e. The summed E-state index contributed by atoms with van der Waals surface area (Å²) in [4.78, 5) is 4.59. The molecular weight excluding hydrogens is 220 g/mol. The molecule has 0 aromatic carbocycles. The van der Waals surface area contributed by atoms with Crippen molar-refractivity contribution in [3.05, 3.63) is 17.0 Å². The molecule has 0 bridgehead atoms. The first-order chi connectivity index (χ1) is 7.58. The first-order valence-electron chi connectivity index (χ1n) is 5.50. The van der Waals surface area contributed by atoms with Crippen LogP contribution in [-0.2, 0) is 13.6 Å². The van der Waals surface area contributed by atoms with Crippen LogP contribution in [-0.4, -0.2) is 26.7 Å². The van der Waals surface area contributed by atoms with Crippen LogP contribution in [0.25, 0.3) is 0 Å². The van der Waals surface area contributed by atoms with E-state index in [2.05, 4.69) is 29.3 Å². The lowest BCUT2D eigenvalue weighted by Gasteiger charge is -2.01. The molecule has 2 rings (SSSR count). The average Bonchev–Trinajstić information content (AvgIpc) is 2.72. The van der Waals surface area contributed by atoms with Crippen LogP contribution in [0, 0.1) is 13.8 Å². The molecule has 0 saturated carbocycles. The van der Waals surface area contributed by atoms with Crippen molar-refractivity contribution in [2.75, 3.05) is 5.75 Å². The zero-order valence-electron chi connectivity index (χ0n) is 10.2. The van der Waals surface area contributed by atoms with Gasteiger partial charge in [0.2, 0.25) is 0 Å². The number of hydrogen-bond donors (Lipinski definition) is 1. The molecule has 0 radical (unpaired) electrons. The third-order valence-corrected chi connectivity index (χ3v) is 4.07. The summed E-state index contributed by atoms with van der Waals surface area (Å²) in [6.45, 7) is 7.04. The molecule has 0 aliphatic carbocycles. The highest BCUT2D eigenvalue weighted by molar-refractivity contribution is 8.14. The Hall–Kier alpha value is -0.970. The Morgan fingerprint density at radius 1 is 1.56 bits per heavy atom. The number of amidine groups is 1. The molecule has 0 spiro atoms. The van der Waals surface area contributed by atoms with Gasteiger partial charge in [-0.3, -0.25) is 9.67 Å². The van der Waals surface area contributed by atoms with Crippen LogP contribution in [0.3, 0.4) is 0 Å². The van der Waals surface area contributed by atoms with Crippen molar-refractivity contribution in [2.45, 2.75) is 33.4 Å². The molecule has 5 heteroatoms. The standard InChI is InChI=1S/C11H18N4S/c1-7-6-16-11(13-7)12-5-10-8(2)14-15(4)9(10)3/h7H,5-6H2,1-4H3,(H,12,13). The molecule has 1 fully saturated rings. The fourth-order valence-electron chi connectivity index (χ4n) is 1.79. The van der Waals surface area contributed by atoms with E-state index in [1.54, 1.807) is 11.8 Å². The maximum atomic E-state index is 4.59. The van der Waals surface area contributed by atoms with Gasteiger partial charge in [-0.1, -0.05) is 11.8 Å². The molecule has 1 atom stereocenters. The van der Waals surface area contributed by atoms with Crippen LogP contribution in [0.1, 0.15) is 23.9 Å². The normalized spacial score (nSPS) is 22.8. The summed E-state index contributed by atoms with van der Waals surface area (Å²) in [7, 11) is 1.98. The minimum absolute atomic E-state index is 0.542. The van der Waals surface area contributed by atoms with Gasteiger partial charge in [0.05, 0.1) is 12.2 Å². The van der Waals surface area contributed by atoms with E-state index in [9.17, 15) is 0 Å². The van der Waals surface area contributed by atoms with Gasteiger partial charge in [-0.05, 0) is 20.8 Å². The van der Waals surface area contributed by atoms with E-state index in [4.69, 9.17) is 0 Å². The lowest BCUT2D eigenvalue weighted by atomic mass is 10.2. The molecule has 1 aliphatic rings. The van der Waals surface area contributed by atoms with Gasteiger partial charge in [0.15, 0.2) is 5.17 Å². The second kappa shape index (κ2) is 4.49. The zero-order valence-corrected chi connectivity index (χ0v) is 11.1. The first-order valence-corrected chi connectivity index (χ1v) is 6.49. The second-order valence-corrected chi connectivity index (χ2v) is 5.26. The van der Waals surface area contributed by atoms with Gasteiger partial charge in [0, 0.05) is 30.1 Å². The second-order valence-electron chi connectivity index (χ2n) is 4.25. The maximum absolute atomic E-state index is 4.59. The fraction of sp³-hybridized carbons (Fsp3) is 0.636. The topological polar surface area (TPSA) is 42.2 Å². The molecule has 1 aliphatic heterocycles. The third kappa shape index (κ3) is 2.24. The number of aliphatic imine (C=N–C) groups is 1. The molecule has 16 heavy (non-hydrogen) atoms. The Morgan fingerprint density at radius 2 is 2.31 bits per heavy atom. The summed E-state index contributed by atoms with van der Waals surface area (Å²) in [5.41, 5.74) is 3.54. The van der Waals surface area contributed by atoms with Crippen LogP contribution in [0.4, 0.5) is 0 Å². The van der Waals surface area contributed by atoms with Gasteiger partial charge in [-0.2, -0.15) is 5.10 Å². The Morgan fingerprint density at radius 3 is 2.81 bits per heavy atom. The molecule has 0 amide bonds. The SMILES string of the molecule is Cc1nn(C)c(C)c1CN=C1NC(C)CS1. The minimum atomic E-state index is 0.542. The van der Waals surface area contributed by atoms with Crippen molar-refractivity contribution in [3.63, 3.8) is 0 Å². The first kappa shape index (κ1) is 11.5. The van der Waals surface area contributed by atoms with Crippen LogP contribution >= 0.6 is 11.8 Å². The van der Waals surface area contributed by atoms with Crippen LogP contribution in [0.5, 0.6) is 0 Å². The van der Waals surface area contributed by atoms with Crippen molar-refractivity contribution >= 4 is 16.9 Å². The van der Waals surface area contributed by atoms with Gasteiger partial charge in [0.1, 0.15) is 0 Å². The van der Waals surface area contributed by atoms with Crippen LogP contribution in [0.15, 0.2) is 4.99 Å². The van der Waals surface area contributed by atoms with Crippen LogP contribution < -0.4 is 5.32 Å². The highest BCUT2D eigenvalue weighted by atomic mass is 32.2. The largest absolute Gasteiger partial charge is 0.362 e. The van der Waals surface area contributed by atoms with Gasteiger partial charge < -0.3 is 5.32 Å². The van der Waals surface area contributed by atoms with E-state index in [-0.39, 0.29) is 0 Å². The lowest BCUT2D eigenvalue weighted by molar-refractivity contribution is 0.730. The van der Waals surface area contributed by atoms with Gasteiger partial charge in [-0.15, -0.1) is 0 Å². The zero-order chi connectivity index (χ0) is 11.7. The fourth-order valence-corrected chi connectivity index (χ4v) is 2.72. The molecule has 1 N–H and O–H groups in total. The predicted octanol–water partition coefficient (Wildman–Crippen LogP) is 1.62. The van der Waals surface area contributed by atoms with Gasteiger partial charge in [-0.25, -0.2) is 0 Å². The number of nitrogens with zero attached hydrogens (tertiary/aromatic N) is 3. The highest BCUT2D eigenvalue weighted by Gasteiger charge is 2.16. The highest BCUT2D eigenvalue weighted by Crippen LogP contribution is 2.17. The van der Waals surface area contributed by atoms with E-state index >= 15 is 0 Å². The van der Waals surface area contributed by atoms with Crippen molar-refractivity contribution in [1.82, 2.24) is 15.1 Å². The number of rotatable bonds is 2. The molecule has 4 nitrogen and oxygen atoms in total. The number of hydrogen-bond acceptors (Lipinski definition) is 3. The average molecular weight is 238 g/mol. The molecule has 88 valence electrons. The van der Waals surface area contributed by atoms with E-state index < -0.39 is 0 Å². The Bertz CT molecular complexity index is 422. The molecule has 2 heterocycles. The van der Waals surface area contributed by atoms with E-state index in [1.165, 1.54) is 11.3 Å². The molecular formula is C11H18N4S. The van der Waals surface area contributed by atoms with E-state index in [0.29, 0.717) is 6.04 Å². The summed E-state index contributed by atoms with van der Waals surface area (Å²) >= 11 is 1.80. The molecule has 1 aromatic rings. The molecule has 1 unspecified atom stereocenters. The summed E-state index contributed by atoms with van der Waals surface area (Å²) in [6, 6.07) is 0.542. The van der Waals surface area contributed by atoms with Crippen molar-refractivity contribution in [3.8, 4) is 0 Å². The summed E-state index contributed by atoms with van der Waals surface area (Å²) in [5, 5.41) is 8.81. The number of nitrogens with one attached hydrogen (secondary N) is 1. The monoisotopic (exact) mass is 238 g/mol.